The second-order valence-corrected chi connectivity index (χ2v) is 4.19. The van der Waals surface area contributed by atoms with Crippen LogP contribution in [0.2, 0.25) is 0 Å². The van der Waals surface area contributed by atoms with E-state index in [0.717, 1.165) is 19.5 Å². The molecule has 1 N–H and O–H groups in total. The average molecular weight is 211 g/mol. The number of rotatable bonds is 5. The van der Waals surface area contributed by atoms with Gasteiger partial charge in [-0.15, -0.1) is 0 Å². The Balaban J connectivity index is 1.94. The predicted octanol–water partition coefficient (Wildman–Crippen LogP) is 1.95. The third-order valence-corrected chi connectivity index (χ3v) is 2.44. The molecule has 1 heterocycles. The summed E-state index contributed by atoms with van der Waals surface area (Å²) in [5, 5.41) is 3.15. The Bertz CT molecular complexity index is 177. The highest BCUT2D eigenvalue weighted by Gasteiger charge is 2.31. The van der Waals surface area contributed by atoms with E-state index in [1.54, 1.807) is 0 Å². The molecule has 0 radical (unpaired) electrons. The Kier molecular flexibility index (Phi) is 3.78. The van der Waals surface area contributed by atoms with Crippen molar-refractivity contribution in [3.05, 3.63) is 0 Å². The first-order chi connectivity index (χ1) is 6.41. The normalized spacial score (nSPS) is 20.6. The molecule has 0 unspecified atom stereocenters. The fourth-order valence-electron chi connectivity index (χ4n) is 1.52. The summed E-state index contributed by atoms with van der Waals surface area (Å²) in [6.07, 6.45) is -2.56. The summed E-state index contributed by atoms with van der Waals surface area (Å²) < 4.78 is 39.5. The Morgan fingerprint density at radius 3 is 2.43 bits per heavy atom. The molecule has 5 heteroatoms. The minimum atomic E-state index is -4.19. The van der Waals surface area contributed by atoms with Gasteiger partial charge in [-0.3, -0.25) is 0 Å². The van der Waals surface area contributed by atoms with Gasteiger partial charge in [0, 0.05) is 19.7 Å². The van der Waals surface area contributed by atoms with Crippen LogP contribution in [0.5, 0.6) is 0 Å². The van der Waals surface area contributed by atoms with Crippen LogP contribution in [0.25, 0.3) is 0 Å². The molecule has 0 bridgehead atoms. The highest BCUT2D eigenvalue weighted by atomic mass is 19.4. The van der Waals surface area contributed by atoms with E-state index in [4.69, 9.17) is 0 Å². The Labute approximate surface area is 81.8 Å². The number of halogens is 3. The molecule has 1 aliphatic rings. The molecule has 14 heavy (non-hydrogen) atoms. The molecular formula is C9H16F3NO. The molecular weight excluding hydrogens is 195 g/mol. The van der Waals surface area contributed by atoms with Crippen molar-refractivity contribution in [3.8, 4) is 0 Å². The molecule has 0 aromatic heterocycles. The summed E-state index contributed by atoms with van der Waals surface area (Å²) in [6, 6.07) is 0. The maximum absolute atomic E-state index is 11.7. The number of nitrogens with one attached hydrogen (secondary N) is 1. The van der Waals surface area contributed by atoms with E-state index in [1.165, 1.54) is 0 Å². The van der Waals surface area contributed by atoms with E-state index in [1.807, 2.05) is 0 Å². The second kappa shape index (κ2) is 4.49. The standard InChI is InChI=1S/C9H16F3NO/c1-8(5-13-6-8)3-2-4-14-7-9(10,11)12/h13H,2-7H2,1H3. The minimum absolute atomic E-state index is 0.203. The van der Waals surface area contributed by atoms with Crippen LogP contribution in [-0.4, -0.2) is 32.5 Å². The van der Waals surface area contributed by atoms with E-state index >= 15 is 0 Å². The topological polar surface area (TPSA) is 21.3 Å². The monoisotopic (exact) mass is 211 g/mol. The lowest BCUT2D eigenvalue weighted by molar-refractivity contribution is -0.174. The molecule has 0 atom stereocenters. The number of ether oxygens (including phenoxy) is 1. The fraction of sp³-hybridized carbons (Fsp3) is 1.00. The fourth-order valence-corrected chi connectivity index (χ4v) is 1.52. The van der Waals surface area contributed by atoms with Crippen molar-refractivity contribution in [2.24, 2.45) is 5.41 Å². The summed E-state index contributed by atoms with van der Waals surface area (Å²) in [5.41, 5.74) is 0.279. The molecule has 84 valence electrons. The van der Waals surface area contributed by atoms with Gasteiger partial charge in [0.1, 0.15) is 6.61 Å². The second-order valence-electron chi connectivity index (χ2n) is 4.19. The van der Waals surface area contributed by atoms with Crippen molar-refractivity contribution in [1.29, 1.82) is 0 Å². The van der Waals surface area contributed by atoms with Gasteiger partial charge in [-0.25, -0.2) is 0 Å². The number of hydrogen-bond acceptors (Lipinski definition) is 2. The van der Waals surface area contributed by atoms with Gasteiger partial charge in [-0.05, 0) is 18.3 Å². The summed E-state index contributed by atoms with van der Waals surface area (Å²) in [7, 11) is 0. The predicted molar refractivity (Wildman–Crippen MR) is 47.1 cm³/mol. The Morgan fingerprint density at radius 2 is 2.00 bits per heavy atom. The van der Waals surface area contributed by atoms with Crippen LogP contribution in [-0.2, 0) is 4.74 Å². The number of hydrogen-bond donors (Lipinski definition) is 1. The van der Waals surface area contributed by atoms with Gasteiger partial charge >= 0.3 is 6.18 Å². The zero-order valence-corrected chi connectivity index (χ0v) is 8.28. The van der Waals surface area contributed by atoms with Crippen molar-refractivity contribution in [1.82, 2.24) is 5.32 Å². The Morgan fingerprint density at radius 1 is 1.36 bits per heavy atom. The third kappa shape index (κ3) is 4.28. The lowest BCUT2D eigenvalue weighted by Gasteiger charge is -2.39. The van der Waals surface area contributed by atoms with Gasteiger partial charge in [0.25, 0.3) is 0 Å². The smallest absolute Gasteiger partial charge is 0.372 e. The highest BCUT2D eigenvalue weighted by Crippen LogP contribution is 2.27. The minimum Gasteiger partial charge on any atom is -0.372 e. The molecule has 0 amide bonds. The van der Waals surface area contributed by atoms with Crippen LogP contribution < -0.4 is 5.32 Å². The third-order valence-electron chi connectivity index (χ3n) is 2.44. The lowest BCUT2D eigenvalue weighted by atomic mass is 9.80. The van der Waals surface area contributed by atoms with Gasteiger partial charge in [0.2, 0.25) is 0 Å². The van der Waals surface area contributed by atoms with Crippen LogP contribution in [0.1, 0.15) is 19.8 Å². The van der Waals surface area contributed by atoms with Gasteiger partial charge in [-0.1, -0.05) is 6.92 Å². The summed E-state index contributed by atoms with van der Waals surface area (Å²) in [6.45, 7) is 3.14. The molecule has 1 fully saturated rings. The van der Waals surface area contributed by atoms with Gasteiger partial charge in [-0.2, -0.15) is 13.2 Å². The van der Waals surface area contributed by atoms with E-state index < -0.39 is 12.8 Å². The van der Waals surface area contributed by atoms with Crippen LogP contribution in [0.15, 0.2) is 0 Å². The van der Waals surface area contributed by atoms with Crippen molar-refractivity contribution in [2.75, 3.05) is 26.3 Å². The molecule has 1 rings (SSSR count). The molecule has 1 saturated heterocycles. The molecule has 0 aromatic rings. The van der Waals surface area contributed by atoms with Crippen molar-refractivity contribution in [2.45, 2.75) is 25.9 Å². The maximum atomic E-state index is 11.7. The quantitative estimate of drug-likeness (QED) is 0.702. The van der Waals surface area contributed by atoms with Gasteiger partial charge in [0.05, 0.1) is 0 Å². The molecule has 0 aliphatic carbocycles. The van der Waals surface area contributed by atoms with Crippen molar-refractivity contribution < 1.29 is 17.9 Å². The first-order valence-electron chi connectivity index (χ1n) is 4.77. The first-order valence-corrected chi connectivity index (χ1v) is 4.77. The van der Waals surface area contributed by atoms with E-state index in [2.05, 4.69) is 17.0 Å². The molecule has 0 saturated carbocycles. The van der Waals surface area contributed by atoms with E-state index in [-0.39, 0.29) is 12.0 Å². The molecule has 0 spiro atoms. The summed E-state index contributed by atoms with van der Waals surface area (Å²) >= 11 is 0. The molecule has 1 aliphatic heterocycles. The first kappa shape index (κ1) is 11.8. The van der Waals surface area contributed by atoms with Gasteiger partial charge in [0.15, 0.2) is 0 Å². The number of alkyl halides is 3. The van der Waals surface area contributed by atoms with Crippen LogP contribution >= 0.6 is 0 Å². The summed E-state index contributed by atoms with van der Waals surface area (Å²) in [5.74, 6) is 0. The molecule has 0 aromatic carbocycles. The lowest BCUT2D eigenvalue weighted by Crippen LogP contribution is -2.51. The Hall–Kier alpha value is -0.290. The van der Waals surface area contributed by atoms with E-state index in [9.17, 15) is 13.2 Å². The van der Waals surface area contributed by atoms with Crippen molar-refractivity contribution >= 4 is 0 Å². The zero-order valence-electron chi connectivity index (χ0n) is 8.28. The van der Waals surface area contributed by atoms with Crippen LogP contribution in [0.4, 0.5) is 13.2 Å². The van der Waals surface area contributed by atoms with Crippen molar-refractivity contribution in [3.63, 3.8) is 0 Å². The maximum Gasteiger partial charge on any atom is 0.411 e. The van der Waals surface area contributed by atoms with Crippen LogP contribution in [0.3, 0.4) is 0 Å². The van der Waals surface area contributed by atoms with Crippen LogP contribution in [0, 0.1) is 5.41 Å². The highest BCUT2D eigenvalue weighted by molar-refractivity contribution is 4.87. The SMILES string of the molecule is CC1(CCCOCC(F)(F)F)CNC1. The zero-order chi connectivity index (χ0) is 10.7. The largest absolute Gasteiger partial charge is 0.411 e. The molecule has 2 nitrogen and oxygen atoms in total. The average Bonchev–Trinajstić information content (AvgIpc) is 1.98. The van der Waals surface area contributed by atoms with Gasteiger partial charge < -0.3 is 10.1 Å². The van der Waals surface area contributed by atoms with E-state index in [0.29, 0.717) is 6.42 Å². The summed E-state index contributed by atoms with van der Waals surface area (Å²) in [4.78, 5) is 0.